The van der Waals surface area contributed by atoms with Crippen LogP contribution >= 0.6 is 11.8 Å². The molecule has 6 nitrogen and oxygen atoms in total. The number of carbonyl (C=O) groups excluding carboxylic acids is 1. The molecule has 0 radical (unpaired) electrons. The third-order valence-electron chi connectivity index (χ3n) is 3.87. The summed E-state index contributed by atoms with van der Waals surface area (Å²) in [6.45, 7) is 4.36. The van der Waals surface area contributed by atoms with E-state index in [-0.39, 0.29) is 23.3 Å². The number of nitrogens with zero attached hydrogens (tertiary/aromatic N) is 2. The third-order valence-corrected chi connectivity index (χ3v) is 7.13. The molecule has 3 rings (SSSR count). The molecule has 0 saturated carbocycles. The number of para-hydroxylation sites is 2. The van der Waals surface area contributed by atoms with E-state index in [4.69, 9.17) is 4.42 Å². The lowest BCUT2D eigenvalue weighted by atomic mass is 10.2. The van der Waals surface area contributed by atoms with Crippen LogP contribution < -0.4 is 0 Å². The molecule has 2 heterocycles. The van der Waals surface area contributed by atoms with Gasteiger partial charge in [-0.1, -0.05) is 37.7 Å². The highest BCUT2D eigenvalue weighted by molar-refractivity contribution is 7.99. The van der Waals surface area contributed by atoms with Gasteiger partial charge in [-0.3, -0.25) is 4.79 Å². The van der Waals surface area contributed by atoms with Crippen LogP contribution in [0.3, 0.4) is 0 Å². The Hall–Kier alpha value is -1.54. The molecule has 1 aromatic heterocycles. The van der Waals surface area contributed by atoms with Gasteiger partial charge >= 0.3 is 0 Å². The largest absolute Gasteiger partial charge is 0.431 e. The Morgan fingerprint density at radius 2 is 2.08 bits per heavy atom. The van der Waals surface area contributed by atoms with Gasteiger partial charge < -0.3 is 9.32 Å². The summed E-state index contributed by atoms with van der Waals surface area (Å²) >= 11 is 1.23. The zero-order valence-corrected chi connectivity index (χ0v) is 15.3. The Balaban J connectivity index is 1.50. The SMILES string of the molecule is CC(C)CS(=O)(=O)C1CN(C(=O)CSc2nc3ccccc3o2)C1. The first-order valence-electron chi connectivity index (χ1n) is 7.83. The maximum Gasteiger partial charge on any atom is 0.257 e. The van der Waals surface area contributed by atoms with E-state index < -0.39 is 15.1 Å². The topological polar surface area (TPSA) is 80.5 Å². The quantitative estimate of drug-likeness (QED) is 0.727. The van der Waals surface area contributed by atoms with Gasteiger partial charge in [0.1, 0.15) is 5.52 Å². The lowest BCUT2D eigenvalue weighted by Gasteiger charge is -2.38. The molecule has 8 heteroatoms. The number of thioether (sulfide) groups is 1. The second-order valence-electron chi connectivity index (χ2n) is 6.38. The molecule has 0 unspecified atom stereocenters. The number of fused-ring (bicyclic) bond motifs is 1. The number of likely N-dealkylation sites (tertiary alicyclic amines) is 1. The molecule has 0 N–H and O–H groups in total. The van der Waals surface area contributed by atoms with Crippen LogP contribution in [0.15, 0.2) is 33.9 Å². The fourth-order valence-electron chi connectivity index (χ4n) is 2.60. The van der Waals surface area contributed by atoms with Crippen molar-refractivity contribution in [3.05, 3.63) is 24.3 Å². The molecule has 1 aliphatic rings. The molecule has 1 saturated heterocycles. The number of hydrogen-bond acceptors (Lipinski definition) is 6. The monoisotopic (exact) mass is 368 g/mol. The average molecular weight is 368 g/mol. The van der Waals surface area contributed by atoms with Gasteiger partial charge in [-0.2, -0.15) is 0 Å². The Kier molecular flexibility index (Phi) is 4.87. The van der Waals surface area contributed by atoms with Crippen molar-refractivity contribution in [2.24, 2.45) is 5.92 Å². The van der Waals surface area contributed by atoms with Gasteiger partial charge in [-0.25, -0.2) is 13.4 Å². The average Bonchev–Trinajstić information content (AvgIpc) is 2.84. The minimum Gasteiger partial charge on any atom is -0.431 e. The molecule has 1 aliphatic heterocycles. The smallest absolute Gasteiger partial charge is 0.257 e. The van der Waals surface area contributed by atoms with Crippen molar-refractivity contribution in [2.75, 3.05) is 24.6 Å². The number of aromatic nitrogens is 1. The number of amides is 1. The van der Waals surface area contributed by atoms with E-state index >= 15 is 0 Å². The number of sulfone groups is 1. The predicted octanol–water partition coefficient (Wildman–Crippen LogP) is 2.20. The molecule has 2 aromatic rings. The Morgan fingerprint density at radius 3 is 2.75 bits per heavy atom. The van der Waals surface area contributed by atoms with Gasteiger partial charge in [0, 0.05) is 13.1 Å². The van der Waals surface area contributed by atoms with Gasteiger partial charge in [0.25, 0.3) is 5.22 Å². The molecule has 0 bridgehead atoms. The van der Waals surface area contributed by atoms with E-state index in [0.717, 1.165) is 5.52 Å². The molecule has 0 spiro atoms. The first kappa shape index (κ1) is 17.3. The van der Waals surface area contributed by atoms with Gasteiger partial charge in [0.15, 0.2) is 15.4 Å². The van der Waals surface area contributed by atoms with Gasteiger partial charge in [-0.15, -0.1) is 0 Å². The van der Waals surface area contributed by atoms with E-state index in [2.05, 4.69) is 4.98 Å². The molecule has 130 valence electrons. The minimum absolute atomic E-state index is 0.0850. The van der Waals surface area contributed by atoms with Crippen LogP contribution in [-0.2, 0) is 14.6 Å². The second-order valence-corrected chi connectivity index (χ2v) is 9.63. The highest BCUT2D eigenvalue weighted by Gasteiger charge is 2.39. The van der Waals surface area contributed by atoms with Crippen molar-refractivity contribution >= 4 is 38.6 Å². The van der Waals surface area contributed by atoms with Crippen molar-refractivity contribution < 1.29 is 17.6 Å². The van der Waals surface area contributed by atoms with Crippen molar-refractivity contribution in [3.63, 3.8) is 0 Å². The van der Waals surface area contributed by atoms with Crippen molar-refractivity contribution in [3.8, 4) is 0 Å². The predicted molar refractivity (Wildman–Crippen MR) is 93.7 cm³/mol. The third kappa shape index (κ3) is 3.75. The van der Waals surface area contributed by atoms with E-state index in [1.54, 1.807) is 4.90 Å². The van der Waals surface area contributed by atoms with Gasteiger partial charge in [0.05, 0.1) is 16.8 Å². The lowest BCUT2D eigenvalue weighted by molar-refractivity contribution is -0.131. The molecule has 24 heavy (non-hydrogen) atoms. The van der Waals surface area contributed by atoms with E-state index in [1.807, 2.05) is 38.1 Å². The van der Waals surface area contributed by atoms with Crippen LogP contribution in [0.25, 0.3) is 11.1 Å². The highest BCUT2D eigenvalue weighted by Crippen LogP contribution is 2.25. The van der Waals surface area contributed by atoms with Crippen LogP contribution in [0.2, 0.25) is 0 Å². The molecule has 0 atom stereocenters. The molecular weight excluding hydrogens is 348 g/mol. The summed E-state index contributed by atoms with van der Waals surface area (Å²) in [5.41, 5.74) is 1.45. The van der Waals surface area contributed by atoms with E-state index in [9.17, 15) is 13.2 Å². The highest BCUT2D eigenvalue weighted by atomic mass is 32.2. The van der Waals surface area contributed by atoms with Crippen molar-refractivity contribution in [2.45, 2.75) is 24.3 Å². The van der Waals surface area contributed by atoms with Crippen molar-refractivity contribution in [1.29, 1.82) is 0 Å². The fourth-order valence-corrected chi connectivity index (χ4v) is 5.35. The maximum absolute atomic E-state index is 12.1. The van der Waals surface area contributed by atoms with Gasteiger partial charge in [0.2, 0.25) is 5.91 Å². The summed E-state index contributed by atoms with van der Waals surface area (Å²) < 4.78 is 29.8. The molecule has 1 fully saturated rings. The van der Waals surface area contributed by atoms with Crippen LogP contribution in [0, 0.1) is 5.92 Å². The van der Waals surface area contributed by atoms with Gasteiger partial charge in [-0.05, 0) is 18.1 Å². The Morgan fingerprint density at radius 1 is 1.38 bits per heavy atom. The van der Waals surface area contributed by atoms with Crippen LogP contribution in [0.1, 0.15) is 13.8 Å². The number of oxazole rings is 1. The maximum atomic E-state index is 12.1. The fraction of sp³-hybridized carbons (Fsp3) is 0.500. The standard InChI is InChI=1S/C16H20N2O4S2/c1-11(2)10-24(20,21)12-7-18(8-12)15(19)9-23-16-17-13-5-3-4-6-14(13)22-16/h3-6,11-12H,7-10H2,1-2H3. The molecular formula is C16H20N2O4S2. The second kappa shape index (κ2) is 6.76. The van der Waals surface area contributed by atoms with Crippen LogP contribution in [0.5, 0.6) is 0 Å². The summed E-state index contributed by atoms with van der Waals surface area (Å²) in [5.74, 6) is 0.397. The zero-order chi connectivity index (χ0) is 17.3. The number of rotatable bonds is 6. The Labute approximate surface area is 145 Å². The summed E-state index contributed by atoms with van der Waals surface area (Å²) in [6, 6.07) is 7.42. The summed E-state index contributed by atoms with van der Waals surface area (Å²) in [4.78, 5) is 18.0. The molecule has 0 aliphatic carbocycles. The lowest BCUT2D eigenvalue weighted by Crippen LogP contribution is -2.58. The number of carbonyl (C=O) groups is 1. The number of hydrogen-bond donors (Lipinski definition) is 0. The summed E-state index contributed by atoms with van der Waals surface area (Å²) in [7, 11) is -3.11. The molecule has 1 amide bonds. The minimum atomic E-state index is -3.11. The molecule has 1 aromatic carbocycles. The number of benzene rings is 1. The van der Waals surface area contributed by atoms with E-state index in [1.165, 1.54) is 11.8 Å². The van der Waals surface area contributed by atoms with Crippen LogP contribution in [-0.4, -0.2) is 54.1 Å². The normalized spacial score (nSPS) is 15.9. The first-order chi connectivity index (χ1) is 11.3. The zero-order valence-electron chi connectivity index (χ0n) is 13.6. The summed E-state index contributed by atoms with van der Waals surface area (Å²) in [5, 5.41) is 0.0345. The van der Waals surface area contributed by atoms with E-state index in [0.29, 0.717) is 23.9 Å². The first-order valence-corrected chi connectivity index (χ1v) is 10.5. The van der Waals surface area contributed by atoms with Crippen LogP contribution in [0.4, 0.5) is 0 Å². The summed E-state index contributed by atoms with van der Waals surface area (Å²) in [6.07, 6.45) is 0. The van der Waals surface area contributed by atoms with Crippen molar-refractivity contribution in [1.82, 2.24) is 9.88 Å². The Bertz CT molecular complexity index is 806.